The number of hydrogen-bond donors (Lipinski definition) is 4. The van der Waals surface area contributed by atoms with E-state index in [-0.39, 0.29) is 36.4 Å². The van der Waals surface area contributed by atoms with Crippen molar-refractivity contribution < 1.29 is 23.9 Å². The maximum Gasteiger partial charge on any atom is 0.508 e. The lowest BCUT2D eigenvalue weighted by atomic mass is 9.83. The van der Waals surface area contributed by atoms with Crippen LogP contribution in [0.15, 0.2) is 41.6 Å². The van der Waals surface area contributed by atoms with E-state index in [0.29, 0.717) is 6.54 Å². The van der Waals surface area contributed by atoms with Gasteiger partial charge in [0, 0.05) is 17.2 Å². The fourth-order valence-electron chi connectivity index (χ4n) is 5.69. The van der Waals surface area contributed by atoms with Crippen LogP contribution in [0.5, 0.6) is 0 Å². The first-order valence-electron chi connectivity index (χ1n) is 13.4. The number of hydrogen-bond acceptors (Lipinski definition) is 7. The van der Waals surface area contributed by atoms with Crippen LogP contribution in [0.25, 0.3) is 0 Å². The highest BCUT2D eigenvalue weighted by Crippen LogP contribution is 2.55. The summed E-state index contributed by atoms with van der Waals surface area (Å²) in [6.07, 6.45) is 1.80. The topological polar surface area (TPSA) is 121 Å². The van der Waals surface area contributed by atoms with Crippen molar-refractivity contribution in [2.24, 2.45) is 0 Å². The van der Waals surface area contributed by atoms with E-state index in [1.807, 2.05) is 44.2 Å². The van der Waals surface area contributed by atoms with Gasteiger partial charge in [0.15, 0.2) is 0 Å². The van der Waals surface area contributed by atoms with Crippen molar-refractivity contribution in [3.8, 4) is 0 Å². The molecular formula is C27H41N5O5Si. The van der Waals surface area contributed by atoms with Crippen LogP contribution in [0, 0.1) is 0 Å². The number of urea groups is 1. The average Bonchev–Trinajstić information content (AvgIpc) is 3.33. The molecule has 1 saturated carbocycles. The Kier molecular flexibility index (Phi) is 7.81. The first kappa shape index (κ1) is 28.0. The SMILES string of the molecule is CCOC(=O)OC[C@@H](NC(=O)N1CC2=C(NNC2NC(=O)C2([Si](C)(C)C)CCC2)C1(C)C)c1ccccc1. The van der Waals surface area contributed by atoms with Gasteiger partial charge in [0.05, 0.1) is 32.0 Å². The van der Waals surface area contributed by atoms with Gasteiger partial charge in [0.1, 0.15) is 12.8 Å². The van der Waals surface area contributed by atoms with E-state index in [1.165, 1.54) is 0 Å². The van der Waals surface area contributed by atoms with Gasteiger partial charge in [-0.3, -0.25) is 4.79 Å². The molecule has 2 heterocycles. The van der Waals surface area contributed by atoms with Crippen molar-refractivity contribution in [2.75, 3.05) is 19.8 Å². The molecule has 1 aliphatic carbocycles. The number of nitrogens with one attached hydrogen (secondary N) is 4. The summed E-state index contributed by atoms with van der Waals surface area (Å²) in [4.78, 5) is 40.6. The highest BCUT2D eigenvalue weighted by Gasteiger charge is 2.55. The quantitative estimate of drug-likeness (QED) is 0.291. The van der Waals surface area contributed by atoms with Crippen LogP contribution in [-0.2, 0) is 14.3 Å². The maximum absolute atomic E-state index is 13.6. The van der Waals surface area contributed by atoms with Gasteiger partial charge in [-0.05, 0) is 39.2 Å². The minimum absolute atomic E-state index is 0.0622. The summed E-state index contributed by atoms with van der Waals surface area (Å²) in [5.41, 5.74) is 8.44. The number of rotatable bonds is 8. The molecule has 0 spiro atoms. The zero-order valence-corrected chi connectivity index (χ0v) is 24.3. The molecule has 38 heavy (non-hydrogen) atoms. The second kappa shape index (κ2) is 10.6. The Labute approximate surface area is 225 Å². The van der Waals surface area contributed by atoms with E-state index in [0.717, 1.165) is 36.1 Å². The number of nitrogens with zero attached hydrogens (tertiary/aromatic N) is 1. The zero-order chi connectivity index (χ0) is 27.7. The highest BCUT2D eigenvalue weighted by atomic mass is 28.3. The van der Waals surface area contributed by atoms with E-state index >= 15 is 0 Å². The molecule has 10 nitrogen and oxygen atoms in total. The third kappa shape index (κ3) is 5.13. The standard InChI is InChI=1S/C27H41N5O5Si/c1-7-36-25(35)37-17-20(18-12-9-8-10-13-18)28-24(34)32-16-19-21(26(32,2)3)30-31-22(19)29-23(33)27(14-11-15-27)38(4,5)6/h8-10,12-13,20,22,30-31H,7,11,14-17H2,1-6H3,(H,28,34)(H,29,33)/t20-,22?/m1/s1. The number of carbonyl (C=O) groups excluding carboxylic acids is 3. The predicted octanol–water partition coefficient (Wildman–Crippen LogP) is 3.77. The van der Waals surface area contributed by atoms with Gasteiger partial charge < -0.3 is 30.4 Å². The van der Waals surface area contributed by atoms with Gasteiger partial charge in [0.25, 0.3) is 0 Å². The summed E-state index contributed by atoms with van der Waals surface area (Å²) in [5.74, 6) is 0.108. The normalized spacial score (nSPS) is 22.1. The molecule has 208 valence electrons. The van der Waals surface area contributed by atoms with Crippen LogP contribution >= 0.6 is 0 Å². The average molecular weight is 544 g/mol. The Morgan fingerprint density at radius 3 is 2.39 bits per heavy atom. The molecule has 2 aliphatic heterocycles. The maximum atomic E-state index is 13.6. The lowest BCUT2D eigenvalue weighted by Gasteiger charge is -2.49. The van der Waals surface area contributed by atoms with Crippen molar-refractivity contribution in [1.29, 1.82) is 0 Å². The molecule has 4 N–H and O–H groups in total. The van der Waals surface area contributed by atoms with Crippen LogP contribution in [-0.4, -0.2) is 62.5 Å². The third-order valence-corrected chi connectivity index (χ3v) is 12.0. The molecule has 4 rings (SSSR count). The minimum Gasteiger partial charge on any atom is -0.435 e. The monoisotopic (exact) mass is 543 g/mol. The Bertz CT molecular complexity index is 1100. The summed E-state index contributed by atoms with van der Waals surface area (Å²) in [6, 6.07) is 8.51. The molecule has 1 unspecified atom stereocenters. The fourth-order valence-corrected chi connectivity index (χ4v) is 8.29. The summed E-state index contributed by atoms with van der Waals surface area (Å²) >= 11 is 0. The van der Waals surface area contributed by atoms with E-state index in [4.69, 9.17) is 9.47 Å². The summed E-state index contributed by atoms with van der Waals surface area (Å²) in [7, 11) is -1.72. The van der Waals surface area contributed by atoms with Gasteiger partial charge >= 0.3 is 12.2 Å². The van der Waals surface area contributed by atoms with Crippen molar-refractivity contribution in [3.63, 3.8) is 0 Å². The second-order valence-electron chi connectivity index (χ2n) is 11.8. The molecule has 0 bridgehead atoms. The van der Waals surface area contributed by atoms with E-state index < -0.39 is 25.8 Å². The molecule has 3 aliphatic rings. The summed E-state index contributed by atoms with van der Waals surface area (Å²) in [6.45, 7) is 12.9. The zero-order valence-electron chi connectivity index (χ0n) is 23.3. The van der Waals surface area contributed by atoms with Crippen LogP contribution in [0.1, 0.15) is 51.6 Å². The summed E-state index contributed by atoms with van der Waals surface area (Å²) < 4.78 is 10.1. The van der Waals surface area contributed by atoms with Gasteiger partial charge in [-0.2, -0.15) is 0 Å². The van der Waals surface area contributed by atoms with Crippen molar-refractivity contribution >= 4 is 26.2 Å². The number of hydrazine groups is 1. The fraction of sp³-hybridized carbons (Fsp3) is 0.593. The van der Waals surface area contributed by atoms with Crippen molar-refractivity contribution in [1.82, 2.24) is 26.4 Å². The molecule has 1 aromatic carbocycles. The van der Waals surface area contributed by atoms with E-state index in [2.05, 4.69) is 41.1 Å². The first-order valence-corrected chi connectivity index (χ1v) is 16.9. The number of ether oxygens (including phenoxy) is 2. The van der Waals surface area contributed by atoms with Crippen molar-refractivity contribution in [2.45, 2.75) is 82.5 Å². The molecule has 1 fully saturated rings. The van der Waals surface area contributed by atoms with E-state index in [9.17, 15) is 14.4 Å². The smallest absolute Gasteiger partial charge is 0.435 e. The molecule has 0 aromatic heterocycles. The first-order chi connectivity index (χ1) is 17.9. The molecular weight excluding hydrogens is 502 g/mol. The van der Waals surface area contributed by atoms with Crippen LogP contribution in [0.3, 0.4) is 0 Å². The molecule has 2 atom stereocenters. The van der Waals surface area contributed by atoms with Gasteiger partial charge in [0.2, 0.25) is 5.91 Å². The molecule has 0 saturated heterocycles. The minimum atomic E-state index is -1.72. The van der Waals surface area contributed by atoms with Crippen molar-refractivity contribution in [3.05, 3.63) is 47.2 Å². The lowest BCUT2D eigenvalue weighted by Crippen LogP contribution is -2.60. The van der Waals surface area contributed by atoms with Crippen LogP contribution in [0.2, 0.25) is 24.7 Å². The highest BCUT2D eigenvalue weighted by molar-refractivity contribution is 6.82. The van der Waals surface area contributed by atoms with Gasteiger partial charge in [-0.1, -0.05) is 56.4 Å². The lowest BCUT2D eigenvalue weighted by molar-refractivity contribution is -0.127. The van der Waals surface area contributed by atoms with Crippen LogP contribution < -0.4 is 21.5 Å². The largest absolute Gasteiger partial charge is 0.508 e. The third-order valence-electron chi connectivity index (χ3n) is 8.35. The second-order valence-corrected chi connectivity index (χ2v) is 17.3. The number of amides is 3. The molecule has 1 aromatic rings. The summed E-state index contributed by atoms with van der Waals surface area (Å²) in [5, 5.41) is 6.03. The number of benzene rings is 1. The Hall–Kier alpha value is -3.05. The van der Waals surface area contributed by atoms with E-state index in [1.54, 1.807) is 11.8 Å². The van der Waals surface area contributed by atoms with Gasteiger partial charge in [-0.25, -0.2) is 15.0 Å². The Morgan fingerprint density at radius 1 is 1.13 bits per heavy atom. The van der Waals surface area contributed by atoms with Crippen LogP contribution in [0.4, 0.5) is 9.59 Å². The molecule has 11 heteroatoms. The Balaban J connectivity index is 1.46. The predicted molar refractivity (Wildman–Crippen MR) is 147 cm³/mol. The molecule has 3 amide bonds. The van der Waals surface area contributed by atoms with Gasteiger partial charge in [-0.15, -0.1) is 0 Å². The number of carbonyl (C=O) groups is 3. The Morgan fingerprint density at radius 2 is 1.82 bits per heavy atom. The molecule has 0 radical (unpaired) electrons.